The Morgan fingerprint density at radius 1 is 0.923 bits per heavy atom. The molecule has 1 N–H and O–H groups in total. The smallest absolute Gasteiger partial charge is 0.0107 e. The van der Waals surface area contributed by atoms with Crippen LogP contribution < -0.4 is 5.32 Å². The number of nitrogens with one attached hydrogen (secondary N) is 1. The second-order valence-electron chi connectivity index (χ2n) is 7.27. The van der Waals surface area contributed by atoms with Crippen molar-refractivity contribution in [1.82, 2.24) is 15.1 Å². The first-order valence-electron chi connectivity index (χ1n) is 10.3. The minimum Gasteiger partial charge on any atom is -0.315 e. The lowest BCUT2D eigenvalue weighted by molar-refractivity contribution is 0.202. The SMILES string of the molecule is SCCNCCN(CCS)CCCCN1CCC(c2ccccc2)CC1. The molecular formula is C21H37N3S2. The highest BCUT2D eigenvalue weighted by atomic mass is 32.1. The molecule has 0 radical (unpaired) electrons. The van der Waals surface area contributed by atoms with Gasteiger partial charge in [0, 0.05) is 37.7 Å². The summed E-state index contributed by atoms with van der Waals surface area (Å²) in [5, 5.41) is 3.43. The lowest BCUT2D eigenvalue weighted by atomic mass is 9.89. The third-order valence-electron chi connectivity index (χ3n) is 5.37. The van der Waals surface area contributed by atoms with E-state index in [1.807, 2.05) is 0 Å². The second kappa shape index (κ2) is 13.9. The van der Waals surface area contributed by atoms with E-state index in [2.05, 4.69) is 70.7 Å². The number of unbranched alkanes of at least 4 members (excludes halogenated alkanes) is 1. The monoisotopic (exact) mass is 395 g/mol. The third kappa shape index (κ3) is 8.66. The van der Waals surface area contributed by atoms with Gasteiger partial charge < -0.3 is 15.1 Å². The molecule has 1 aliphatic rings. The summed E-state index contributed by atoms with van der Waals surface area (Å²) in [4.78, 5) is 5.21. The largest absolute Gasteiger partial charge is 0.315 e. The van der Waals surface area contributed by atoms with Gasteiger partial charge in [0.25, 0.3) is 0 Å². The Hall–Kier alpha value is -0.200. The number of hydrogen-bond acceptors (Lipinski definition) is 5. The number of hydrogen-bond donors (Lipinski definition) is 3. The quantitative estimate of drug-likeness (QED) is 0.351. The molecule has 0 saturated carbocycles. The zero-order valence-electron chi connectivity index (χ0n) is 16.2. The predicted octanol–water partition coefficient (Wildman–Crippen LogP) is 3.40. The first-order chi connectivity index (χ1) is 12.8. The topological polar surface area (TPSA) is 18.5 Å². The van der Waals surface area contributed by atoms with Gasteiger partial charge in [0.05, 0.1) is 0 Å². The van der Waals surface area contributed by atoms with Crippen molar-refractivity contribution < 1.29 is 0 Å². The minimum absolute atomic E-state index is 0.767. The average Bonchev–Trinajstić information content (AvgIpc) is 2.69. The number of nitrogens with zero attached hydrogens (tertiary/aromatic N) is 2. The van der Waals surface area contributed by atoms with Crippen LogP contribution >= 0.6 is 25.3 Å². The lowest BCUT2D eigenvalue weighted by Gasteiger charge is -2.32. The van der Waals surface area contributed by atoms with Gasteiger partial charge in [-0.3, -0.25) is 0 Å². The van der Waals surface area contributed by atoms with E-state index in [9.17, 15) is 0 Å². The molecule has 0 spiro atoms. The van der Waals surface area contributed by atoms with Crippen LogP contribution in [0.25, 0.3) is 0 Å². The fourth-order valence-corrected chi connectivity index (χ4v) is 4.24. The first-order valence-corrected chi connectivity index (χ1v) is 11.5. The van der Waals surface area contributed by atoms with E-state index < -0.39 is 0 Å². The number of benzene rings is 1. The van der Waals surface area contributed by atoms with Gasteiger partial charge in [0.2, 0.25) is 0 Å². The van der Waals surface area contributed by atoms with Crippen molar-refractivity contribution in [3.8, 4) is 0 Å². The van der Waals surface area contributed by atoms with E-state index in [0.717, 1.165) is 43.6 Å². The fraction of sp³-hybridized carbons (Fsp3) is 0.714. The van der Waals surface area contributed by atoms with Crippen molar-refractivity contribution in [2.75, 3.05) is 63.9 Å². The summed E-state index contributed by atoms with van der Waals surface area (Å²) in [5.41, 5.74) is 1.53. The molecule has 2 rings (SSSR count). The Morgan fingerprint density at radius 2 is 1.69 bits per heavy atom. The molecule has 148 valence electrons. The summed E-state index contributed by atoms with van der Waals surface area (Å²) < 4.78 is 0. The highest BCUT2D eigenvalue weighted by molar-refractivity contribution is 7.80. The Balaban J connectivity index is 1.56. The Labute approximate surface area is 171 Å². The van der Waals surface area contributed by atoms with Crippen LogP contribution in [0.2, 0.25) is 0 Å². The molecule has 0 amide bonds. The van der Waals surface area contributed by atoms with Gasteiger partial charge in [0.1, 0.15) is 0 Å². The van der Waals surface area contributed by atoms with Gasteiger partial charge in [0.15, 0.2) is 0 Å². The zero-order valence-corrected chi connectivity index (χ0v) is 17.9. The van der Waals surface area contributed by atoms with Crippen molar-refractivity contribution in [3.05, 3.63) is 35.9 Å². The van der Waals surface area contributed by atoms with Crippen LogP contribution in [0.4, 0.5) is 0 Å². The highest BCUT2D eigenvalue weighted by Gasteiger charge is 2.19. The van der Waals surface area contributed by atoms with E-state index in [1.54, 1.807) is 0 Å². The van der Waals surface area contributed by atoms with Crippen LogP contribution in [-0.4, -0.2) is 73.7 Å². The van der Waals surface area contributed by atoms with Crippen molar-refractivity contribution in [2.45, 2.75) is 31.6 Å². The molecule has 0 aromatic heterocycles. The second-order valence-corrected chi connectivity index (χ2v) is 8.17. The van der Waals surface area contributed by atoms with Crippen molar-refractivity contribution in [2.24, 2.45) is 0 Å². The molecule has 1 aliphatic heterocycles. The average molecular weight is 396 g/mol. The van der Waals surface area contributed by atoms with Gasteiger partial charge in [-0.05, 0) is 63.3 Å². The van der Waals surface area contributed by atoms with Gasteiger partial charge >= 0.3 is 0 Å². The van der Waals surface area contributed by atoms with Crippen molar-refractivity contribution in [1.29, 1.82) is 0 Å². The van der Waals surface area contributed by atoms with Gasteiger partial charge in [-0.1, -0.05) is 30.3 Å². The van der Waals surface area contributed by atoms with E-state index in [0.29, 0.717) is 0 Å². The first kappa shape index (κ1) is 22.1. The number of piperidine rings is 1. The van der Waals surface area contributed by atoms with Gasteiger partial charge in [-0.25, -0.2) is 0 Å². The molecule has 1 aromatic rings. The summed E-state index contributed by atoms with van der Waals surface area (Å²) in [6.45, 7) is 9.24. The summed E-state index contributed by atoms with van der Waals surface area (Å²) in [5.74, 6) is 2.62. The fourth-order valence-electron chi connectivity index (χ4n) is 3.80. The van der Waals surface area contributed by atoms with E-state index in [1.165, 1.54) is 57.4 Å². The minimum atomic E-state index is 0.767. The Bertz CT molecular complexity index is 450. The molecule has 0 bridgehead atoms. The number of thiol groups is 2. The van der Waals surface area contributed by atoms with E-state index >= 15 is 0 Å². The van der Waals surface area contributed by atoms with Crippen LogP contribution in [0.1, 0.15) is 37.2 Å². The van der Waals surface area contributed by atoms with Crippen molar-refractivity contribution >= 4 is 25.3 Å². The predicted molar refractivity (Wildman–Crippen MR) is 121 cm³/mol. The standard InChI is InChI=1S/C21H37N3S2/c25-18-11-22-10-16-24(17-19-26)13-5-4-12-23-14-8-21(9-15-23)20-6-2-1-3-7-20/h1-3,6-7,21-22,25-26H,4-5,8-19H2. The molecular weight excluding hydrogens is 358 g/mol. The number of likely N-dealkylation sites (tertiary alicyclic amines) is 1. The van der Waals surface area contributed by atoms with E-state index in [4.69, 9.17) is 0 Å². The normalized spacial score (nSPS) is 16.4. The van der Waals surface area contributed by atoms with Crippen LogP contribution in [-0.2, 0) is 0 Å². The van der Waals surface area contributed by atoms with Gasteiger partial charge in [-0.2, -0.15) is 25.3 Å². The summed E-state index contributed by atoms with van der Waals surface area (Å²) >= 11 is 8.65. The van der Waals surface area contributed by atoms with E-state index in [-0.39, 0.29) is 0 Å². The number of rotatable bonds is 13. The maximum absolute atomic E-state index is 4.41. The molecule has 1 heterocycles. The third-order valence-corrected chi connectivity index (χ3v) is 5.79. The molecule has 26 heavy (non-hydrogen) atoms. The molecule has 1 fully saturated rings. The Morgan fingerprint density at radius 3 is 2.38 bits per heavy atom. The maximum atomic E-state index is 4.41. The molecule has 1 aromatic carbocycles. The molecule has 3 nitrogen and oxygen atoms in total. The Kier molecular flexibility index (Phi) is 11.8. The van der Waals surface area contributed by atoms with Crippen LogP contribution in [0.3, 0.4) is 0 Å². The van der Waals surface area contributed by atoms with Crippen LogP contribution in [0, 0.1) is 0 Å². The van der Waals surface area contributed by atoms with Crippen LogP contribution in [0.15, 0.2) is 30.3 Å². The van der Waals surface area contributed by atoms with Crippen molar-refractivity contribution in [3.63, 3.8) is 0 Å². The molecule has 1 saturated heterocycles. The highest BCUT2D eigenvalue weighted by Crippen LogP contribution is 2.27. The lowest BCUT2D eigenvalue weighted by Crippen LogP contribution is -2.36. The maximum Gasteiger partial charge on any atom is 0.0107 e. The zero-order chi connectivity index (χ0) is 18.5. The summed E-state index contributed by atoms with van der Waals surface area (Å²) in [7, 11) is 0. The summed E-state index contributed by atoms with van der Waals surface area (Å²) in [6, 6.07) is 11.0. The van der Waals surface area contributed by atoms with Crippen LogP contribution in [0.5, 0.6) is 0 Å². The summed E-state index contributed by atoms with van der Waals surface area (Å²) in [6.07, 6.45) is 5.22. The van der Waals surface area contributed by atoms with Gasteiger partial charge in [-0.15, -0.1) is 0 Å². The molecule has 0 aliphatic carbocycles. The molecule has 0 unspecified atom stereocenters. The molecule has 5 heteroatoms. The molecule has 0 atom stereocenters.